The van der Waals surface area contributed by atoms with Crippen LogP contribution in [-0.2, 0) is 0 Å². The van der Waals surface area contributed by atoms with Gasteiger partial charge in [-0.2, -0.15) is 0 Å². The second kappa shape index (κ2) is 3.76. The van der Waals surface area contributed by atoms with E-state index in [1.807, 2.05) is 23.9 Å². The summed E-state index contributed by atoms with van der Waals surface area (Å²) in [6.07, 6.45) is 0. The zero-order valence-electron chi connectivity index (χ0n) is 6.69. The maximum atomic E-state index is 5.66. The van der Waals surface area contributed by atoms with Crippen LogP contribution in [0.15, 0.2) is 29.2 Å². The summed E-state index contributed by atoms with van der Waals surface area (Å²) in [5.41, 5.74) is 0. The fourth-order valence-corrected chi connectivity index (χ4v) is 2.87. The molecule has 3 heteroatoms. The van der Waals surface area contributed by atoms with Crippen LogP contribution in [-0.4, -0.2) is 29.2 Å². The van der Waals surface area contributed by atoms with Crippen molar-refractivity contribution in [2.75, 3.05) is 12.4 Å². The predicted octanol–water partition coefficient (Wildman–Crippen LogP) is 1.59. The first kappa shape index (κ1) is 8.52. The molecular formula is C9H11AsOS. The van der Waals surface area contributed by atoms with E-state index in [-0.39, 0.29) is 0 Å². The SMILES string of the molecule is [AsH2]C1COc2ccccc2SC1. The first-order valence-corrected chi connectivity index (χ1v) is 6.35. The summed E-state index contributed by atoms with van der Waals surface area (Å²) in [5, 5.41) is 0. The van der Waals surface area contributed by atoms with Crippen LogP contribution in [0.2, 0.25) is 4.71 Å². The van der Waals surface area contributed by atoms with Crippen molar-refractivity contribution in [2.24, 2.45) is 0 Å². The monoisotopic (exact) mass is 242 g/mol. The van der Waals surface area contributed by atoms with Crippen LogP contribution in [0.1, 0.15) is 0 Å². The summed E-state index contributed by atoms with van der Waals surface area (Å²) in [4.78, 5) is 1.29. The van der Waals surface area contributed by atoms with E-state index >= 15 is 0 Å². The number of benzene rings is 1. The average molecular weight is 242 g/mol. The molecule has 0 radical (unpaired) electrons. The van der Waals surface area contributed by atoms with E-state index in [1.54, 1.807) is 16.9 Å². The second-order valence-corrected chi connectivity index (χ2v) is 5.87. The summed E-state index contributed by atoms with van der Waals surface area (Å²) in [7, 11) is 0. The Bertz CT molecular complexity index is 250. The first-order valence-electron chi connectivity index (χ1n) is 3.96. The summed E-state index contributed by atoms with van der Waals surface area (Å²) in [6.45, 7) is 0.879. The van der Waals surface area contributed by atoms with Gasteiger partial charge in [0.1, 0.15) is 0 Å². The topological polar surface area (TPSA) is 9.23 Å². The van der Waals surface area contributed by atoms with Crippen molar-refractivity contribution in [3.05, 3.63) is 24.3 Å². The van der Waals surface area contributed by atoms with Crippen molar-refractivity contribution in [1.29, 1.82) is 0 Å². The van der Waals surface area contributed by atoms with Gasteiger partial charge in [-0.25, -0.2) is 0 Å². The summed E-state index contributed by atoms with van der Waals surface area (Å²) in [6, 6.07) is 8.27. The molecule has 1 aliphatic heterocycles. The van der Waals surface area contributed by atoms with Gasteiger partial charge in [-0.3, -0.25) is 0 Å². The third kappa shape index (κ3) is 1.81. The zero-order valence-corrected chi connectivity index (χ0v) is 9.93. The summed E-state index contributed by atoms with van der Waals surface area (Å²) >= 11 is 3.69. The predicted molar refractivity (Wildman–Crippen MR) is 55.0 cm³/mol. The van der Waals surface area contributed by atoms with Gasteiger partial charge in [-0.1, -0.05) is 0 Å². The van der Waals surface area contributed by atoms with Crippen LogP contribution >= 0.6 is 11.8 Å². The standard InChI is InChI=1S/C9H11AsOS/c10-7-5-11-8-3-1-2-4-9(8)12-6-7/h1-4,7H,5-6,10H2. The number of ether oxygens (including phenoxy) is 1. The summed E-state index contributed by atoms with van der Waals surface area (Å²) in [5.74, 6) is 2.25. The van der Waals surface area contributed by atoms with Crippen molar-refractivity contribution in [3.8, 4) is 5.75 Å². The van der Waals surface area contributed by atoms with Gasteiger partial charge >= 0.3 is 85.3 Å². The third-order valence-electron chi connectivity index (χ3n) is 1.75. The Labute approximate surface area is 85.4 Å². The average Bonchev–Trinajstić information content (AvgIpc) is 2.29. The second-order valence-electron chi connectivity index (χ2n) is 2.83. The molecule has 0 saturated carbocycles. The molecule has 0 bridgehead atoms. The van der Waals surface area contributed by atoms with Gasteiger partial charge in [0.15, 0.2) is 0 Å². The van der Waals surface area contributed by atoms with Crippen molar-refractivity contribution in [2.45, 2.75) is 9.60 Å². The number of thioether (sulfide) groups is 1. The van der Waals surface area contributed by atoms with Crippen molar-refractivity contribution < 1.29 is 4.74 Å². The molecule has 0 N–H and O–H groups in total. The van der Waals surface area contributed by atoms with E-state index in [0.717, 1.165) is 17.1 Å². The number of para-hydroxylation sites is 1. The number of hydrogen-bond donors (Lipinski definition) is 0. The Hall–Kier alpha value is -0.0716. The molecule has 0 aromatic heterocycles. The Kier molecular flexibility index (Phi) is 2.67. The van der Waals surface area contributed by atoms with Gasteiger partial charge < -0.3 is 0 Å². The van der Waals surface area contributed by atoms with Crippen LogP contribution in [0.3, 0.4) is 0 Å². The van der Waals surface area contributed by atoms with Gasteiger partial charge in [0.25, 0.3) is 0 Å². The zero-order chi connectivity index (χ0) is 8.39. The molecular weight excluding hydrogens is 231 g/mol. The molecule has 12 heavy (non-hydrogen) atoms. The first-order chi connectivity index (χ1) is 5.86. The Morgan fingerprint density at radius 1 is 1.42 bits per heavy atom. The van der Waals surface area contributed by atoms with E-state index in [4.69, 9.17) is 4.74 Å². The Balaban J connectivity index is 2.26. The van der Waals surface area contributed by atoms with E-state index in [9.17, 15) is 0 Å². The molecule has 0 amide bonds. The molecule has 0 spiro atoms. The maximum absolute atomic E-state index is 5.66. The molecule has 0 aliphatic carbocycles. The fourth-order valence-electron chi connectivity index (χ4n) is 1.13. The van der Waals surface area contributed by atoms with Gasteiger partial charge in [0, 0.05) is 0 Å². The molecule has 2 atom stereocenters. The molecule has 64 valence electrons. The third-order valence-corrected chi connectivity index (χ3v) is 4.61. The van der Waals surface area contributed by atoms with E-state index < -0.39 is 0 Å². The van der Waals surface area contributed by atoms with Crippen LogP contribution in [0, 0.1) is 0 Å². The van der Waals surface area contributed by atoms with Gasteiger partial charge in [0.05, 0.1) is 0 Å². The quantitative estimate of drug-likeness (QED) is 0.639. The van der Waals surface area contributed by atoms with Gasteiger partial charge in [-0.15, -0.1) is 0 Å². The number of fused-ring (bicyclic) bond motifs is 1. The molecule has 1 heterocycles. The van der Waals surface area contributed by atoms with Crippen LogP contribution in [0.5, 0.6) is 5.75 Å². The van der Waals surface area contributed by atoms with E-state index in [1.165, 1.54) is 10.6 Å². The fraction of sp³-hybridized carbons (Fsp3) is 0.333. The van der Waals surface area contributed by atoms with Crippen molar-refractivity contribution >= 4 is 28.6 Å². The normalized spacial score (nSPS) is 22.2. The summed E-state index contributed by atoms with van der Waals surface area (Å²) < 4.78 is 6.37. The van der Waals surface area contributed by atoms with Crippen LogP contribution < -0.4 is 4.74 Å². The Morgan fingerprint density at radius 2 is 2.25 bits per heavy atom. The van der Waals surface area contributed by atoms with Crippen LogP contribution in [0.25, 0.3) is 0 Å². The number of hydrogen-bond acceptors (Lipinski definition) is 2. The van der Waals surface area contributed by atoms with Crippen molar-refractivity contribution in [3.63, 3.8) is 0 Å². The Morgan fingerprint density at radius 3 is 3.17 bits per heavy atom. The number of rotatable bonds is 0. The van der Waals surface area contributed by atoms with E-state index in [2.05, 4.69) is 12.1 Å². The molecule has 1 aromatic rings. The molecule has 1 aliphatic rings. The van der Waals surface area contributed by atoms with Crippen molar-refractivity contribution in [1.82, 2.24) is 0 Å². The minimum absolute atomic E-state index is 0.717. The van der Waals surface area contributed by atoms with E-state index in [0.29, 0.717) is 0 Å². The molecule has 1 aromatic carbocycles. The molecule has 0 saturated heterocycles. The molecule has 2 unspecified atom stereocenters. The van der Waals surface area contributed by atoms with Gasteiger partial charge in [0.2, 0.25) is 0 Å². The molecule has 1 nitrogen and oxygen atoms in total. The van der Waals surface area contributed by atoms with Gasteiger partial charge in [-0.05, 0) is 0 Å². The molecule has 2 rings (SSSR count). The molecule has 0 fully saturated rings. The van der Waals surface area contributed by atoms with Crippen LogP contribution in [0.4, 0.5) is 0 Å². The minimum atomic E-state index is 0.717.